The first-order valence-corrected chi connectivity index (χ1v) is 4.97. The van der Waals surface area contributed by atoms with E-state index >= 15 is 0 Å². The number of halogens is 5. The zero-order valence-electron chi connectivity index (χ0n) is 5.49. The Balaban J connectivity index is 3.28. The van der Waals surface area contributed by atoms with E-state index in [9.17, 15) is 13.2 Å². The number of hydrogen-bond donors (Lipinski definition) is 0. The fraction of sp³-hybridized carbons (Fsp3) is 0.167. The predicted molar refractivity (Wildman–Crippen MR) is 54.6 cm³/mol. The molecule has 0 radical (unpaired) electrons. The van der Waals surface area contributed by atoms with Crippen LogP contribution >= 0.6 is 45.2 Å². The van der Waals surface area contributed by atoms with E-state index in [0.717, 1.165) is 6.07 Å². The van der Waals surface area contributed by atoms with Gasteiger partial charge in [-0.1, -0.05) is 0 Å². The second kappa shape index (κ2) is 4.07. The first kappa shape index (κ1) is 10.5. The standard InChI is InChI=1S/C6H2F3I2N/c7-3-1-2(10)4(5(8)9)6(11)12-3/h1,5H. The monoisotopic (exact) mass is 399 g/mol. The highest BCUT2D eigenvalue weighted by Gasteiger charge is 2.17. The summed E-state index contributed by atoms with van der Waals surface area (Å²) in [6.45, 7) is 0. The number of hydrogen-bond acceptors (Lipinski definition) is 1. The maximum atomic E-state index is 12.5. The predicted octanol–water partition coefficient (Wildman–Crippen LogP) is 3.37. The molecule has 0 saturated heterocycles. The van der Waals surface area contributed by atoms with E-state index in [0.29, 0.717) is 0 Å². The summed E-state index contributed by atoms with van der Waals surface area (Å²) in [7, 11) is 0. The second-order valence-electron chi connectivity index (χ2n) is 1.93. The van der Waals surface area contributed by atoms with Gasteiger partial charge in [0.25, 0.3) is 6.43 Å². The molecule has 0 aliphatic heterocycles. The molecule has 0 aliphatic rings. The quantitative estimate of drug-likeness (QED) is 0.522. The highest BCUT2D eigenvalue weighted by molar-refractivity contribution is 14.1. The minimum absolute atomic E-state index is 0.0204. The van der Waals surface area contributed by atoms with Gasteiger partial charge in [-0.3, -0.25) is 0 Å². The normalized spacial score (nSPS) is 10.8. The molecule has 1 aromatic heterocycles. The molecule has 1 heterocycles. The molecule has 1 aromatic rings. The van der Waals surface area contributed by atoms with Gasteiger partial charge in [0.15, 0.2) is 0 Å². The summed E-state index contributed by atoms with van der Waals surface area (Å²) in [5.74, 6) is -0.729. The number of aromatic nitrogens is 1. The molecule has 0 saturated carbocycles. The summed E-state index contributed by atoms with van der Waals surface area (Å²) in [4.78, 5) is 3.29. The van der Waals surface area contributed by atoms with Crippen molar-refractivity contribution in [1.29, 1.82) is 0 Å². The topological polar surface area (TPSA) is 12.9 Å². The van der Waals surface area contributed by atoms with Crippen LogP contribution in [0, 0.1) is 13.2 Å². The van der Waals surface area contributed by atoms with Gasteiger partial charge >= 0.3 is 0 Å². The summed E-state index contributed by atoms with van der Waals surface area (Å²) in [6, 6.07) is 0.990. The Morgan fingerprint density at radius 2 is 1.92 bits per heavy atom. The van der Waals surface area contributed by atoms with Gasteiger partial charge in [-0.15, -0.1) is 0 Å². The number of nitrogens with zero attached hydrogens (tertiary/aromatic N) is 1. The third-order valence-corrected chi connectivity index (χ3v) is 2.86. The van der Waals surface area contributed by atoms with E-state index in [1.54, 1.807) is 45.2 Å². The smallest absolute Gasteiger partial charge is 0.213 e. The second-order valence-corrected chi connectivity index (χ2v) is 4.12. The van der Waals surface area contributed by atoms with E-state index in [4.69, 9.17) is 0 Å². The van der Waals surface area contributed by atoms with Crippen molar-refractivity contribution >= 4 is 45.2 Å². The van der Waals surface area contributed by atoms with Crippen molar-refractivity contribution in [3.63, 3.8) is 0 Å². The highest BCUT2D eigenvalue weighted by Crippen LogP contribution is 2.28. The van der Waals surface area contributed by atoms with Crippen molar-refractivity contribution in [2.75, 3.05) is 0 Å². The number of rotatable bonds is 1. The van der Waals surface area contributed by atoms with Gasteiger partial charge < -0.3 is 0 Å². The summed E-state index contributed by atoms with van der Waals surface area (Å²) in [5, 5.41) is 0. The molecule has 6 heteroatoms. The van der Waals surface area contributed by atoms with Crippen LogP contribution in [-0.2, 0) is 0 Å². The lowest BCUT2D eigenvalue weighted by Gasteiger charge is -2.04. The van der Waals surface area contributed by atoms with Crippen LogP contribution in [0.15, 0.2) is 6.07 Å². The summed E-state index contributed by atoms with van der Waals surface area (Å²) < 4.78 is 37.2. The highest BCUT2D eigenvalue weighted by atomic mass is 127. The molecule has 12 heavy (non-hydrogen) atoms. The summed E-state index contributed by atoms with van der Waals surface area (Å²) in [5.41, 5.74) is -0.197. The lowest BCUT2D eigenvalue weighted by molar-refractivity contribution is 0.148. The Kier molecular flexibility index (Phi) is 3.56. The third kappa shape index (κ3) is 2.21. The molecule has 1 rings (SSSR count). The van der Waals surface area contributed by atoms with Crippen LogP contribution in [-0.4, -0.2) is 4.98 Å². The molecule has 0 aliphatic carbocycles. The fourth-order valence-electron chi connectivity index (χ4n) is 0.661. The average Bonchev–Trinajstić information content (AvgIpc) is 1.82. The minimum atomic E-state index is -2.60. The van der Waals surface area contributed by atoms with Crippen LogP contribution in [0.1, 0.15) is 12.0 Å². The van der Waals surface area contributed by atoms with Crippen molar-refractivity contribution in [2.45, 2.75) is 6.43 Å². The molecular weight excluding hydrogens is 397 g/mol. The molecule has 0 amide bonds. The molecule has 0 unspecified atom stereocenters. The molecule has 0 N–H and O–H groups in total. The largest absolute Gasteiger partial charge is 0.267 e. The Hall–Kier alpha value is 0.400. The van der Waals surface area contributed by atoms with E-state index in [-0.39, 0.29) is 12.8 Å². The zero-order chi connectivity index (χ0) is 9.30. The summed E-state index contributed by atoms with van der Waals surface area (Å²) >= 11 is 3.25. The van der Waals surface area contributed by atoms with Crippen LogP contribution in [0.3, 0.4) is 0 Å². The maximum absolute atomic E-state index is 12.5. The van der Waals surface area contributed by atoms with Crippen molar-refractivity contribution in [3.05, 3.63) is 24.8 Å². The number of alkyl halides is 2. The molecule has 0 spiro atoms. The van der Waals surface area contributed by atoms with Gasteiger partial charge in [0.1, 0.15) is 3.70 Å². The van der Waals surface area contributed by atoms with Crippen LogP contribution in [0.4, 0.5) is 13.2 Å². The van der Waals surface area contributed by atoms with Crippen molar-refractivity contribution in [1.82, 2.24) is 4.98 Å². The number of pyridine rings is 1. The van der Waals surface area contributed by atoms with Crippen molar-refractivity contribution in [2.24, 2.45) is 0 Å². The van der Waals surface area contributed by atoms with Crippen LogP contribution in [0.2, 0.25) is 0 Å². The van der Waals surface area contributed by atoms with Crippen molar-refractivity contribution in [3.8, 4) is 0 Å². The van der Waals surface area contributed by atoms with Gasteiger partial charge in [-0.05, 0) is 45.2 Å². The van der Waals surface area contributed by atoms with Gasteiger partial charge in [-0.25, -0.2) is 13.8 Å². The Labute approximate surface area is 94.0 Å². The fourth-order valence-corrected chi connectivity index (χ4v) is 2.68. The molecule has 0 aromatic carbocycles. The third-order valence-electron chi connectivity index (χ3n) is 1.15. The lowest BCUT2D eigenvalue weighted by atomic mass is 10.3. The van der Waals surface area contributed by atoms with E-state index in [1.807, 2.05) is 0 Å². The van der Waals surface area contributed by atoms with Gasteiger partial charge in [-0.2, -0.15) is 4.39 Å². The minimum Gasteiger partial charge on any atom is -0.213 e. The van der Waals surface area contributed by atoms with E-state index < -0.39 is 12.4 Å². The van der Waals surface area contributed by atoms with Crippen LogP contribution in [0.5, 0.6) is 0 Å². The van der Waals surface area contributed by atoms with E-state index in [1.165, 1.54) is 0 Å². The average molecular weight is 399 g/mol. The van der Waals surface area contributed by atoms with Crippen LogP contribution in [0.25, 0.3) is 0 Å². The van der Waals surface area contributed by atoms with Crippen LogP contribution < -0.4 is 0 Å². The van der Waals surface area contributed by atoms with Crippen molar-refractivity contribution < 1.29 is 13.2 Å². The van der Waals surface area contributed by atoms with E-state index in [2.05, 4.69) is 4.98 Å². The Morgan fingerprint density at radius 1 is 1.33 bits per heavy atom. The maximum Gasteiger partial charge on any atom is 0.267 e. The first-order valence-electron chi connectivity index (χ1n) is 2.82. The van der Waals surface area contributed by atoms with Gasteiger partial charge in [0.05, 0.1) is 5.56 Å². The lowest BCUT2D eigenvalue weighted by Crippen LogP contribution is -1.99. The Morgan fingerprint density at radius 3 is 2.33 bits per heavy atom. The SMILES string of the molecule is Fc1cc(I)c(C(F)F)c(I)n1. The summed E-state index contributed by atoms with van der Waals surface area (Å²) in [6.07, 6.45) is -2.60. The molecule has 1 nitrogen and oxygen atoms in total. The zero-order valence-corrected chi connectivity index (χ0v) is 9.81. The molecule has 0 fully saturated rings. The first-order chi connectivity index (χ1) is 5.52. The Bertz CT molecular complexity index is 280. The molecular formula is C6H2F3I2N. The molecule has 0 atom stereocenters. The molecule has 66 valence electrons. The van der Waals surface area contributed by atoms with Gasteiger partial charge in [0, 0.05) is 9.64 Å². The van der Waals surface area contributed by atoms with Gasteiger partial charge in [0.2, 0.25) is 5.95 Å². The molecule has 0 bridgehead atoms.